The van der Waals surface area contributed by atoms with Gasteiger partial charge >= 0.3 is 0 Å². The van der Waals surface area contributed by atoms with Gasteiger partial charge in [0.2, 0.25) is 0 Å². The highest BCUT2D eigenvalue weighted by atomic mass is 35.5. The molecule has 16 heavy (non-hydrogen) atoms. The summed E-state index contributed by atoms with van der Waals surface area (Å²) in [7, 11) is 0. The number of hydrogen-bond donors (Lipinski definition) is 0. The van der Waals surface area contributed by atoms with Crippen molar-refractivity contribution in [2.45, 2.75) is 26.7 Å². The molecule has 0 spiro atoms. The van der Waals surface area contributed by atoms with Crippen LogP contribution in [0.25, 0.3) is 0 Å². The van der Waals surface area contributed by atoms with Crippen molar-refractivity contribution >= 4 is 34.8 Å². The Morgan fingerprint density at radius 3 is 2.44 bits per heavy atom. The highest BCUT2D eigenvalue weighted by Gasteiger charge is 2.13. The van der Waals surface area contributed by atoms with Gasteiger partial charge in [-0.2, -0.15) is 0 Å². The fourth-order valence-electron chi connectivity index (χ4n) is 1.88. The van der Waals surface area contributed by atoms with E-state index in [-0.39, 0.29) is 0 Å². The van der Waals surface area contributed by atoms with Crippen LogP contribution >= 0.6 is 34.8 Å². The fraction of sp³-hybridized carbons (Fsp3) is 0.538. The van der Waals surface area contributed by atoms with Crippen molar-refractivity contribution in [1.82, 2.24) is 0 Å². The molecule has 90 valence electrons. The molecule has 0 amide bonds. The van der Waals surface area contributed by atoms with Crippen LogP contribution in [0.5, 0.6) is 0 Å². The molecular weight excluding hydrogens is 263 g/mol. The zero-order chi connectivity index (χ0) is 12.1. The van der Waals surface area contributed by atoms with Crippen molar-refractivity contribution in [3.8, 4) is 0 Å². The molecule has 0 radical (unpaired) electrons. The molecule has 1 aromatic carbocycles. The fourth-order valence-corrected chi connectivity index (χ4v) is 2.50. The lowest BCUT2D eigenvalue weighted by atomic mass is 9.92. The number of benzene rings is 1. The average molecular weight is 280 g/mol. The molecule has 0 aliphatic rings. The molecule has 3 heteroatoms. The van der Waals surface area contributed by atoms with Crippen LogP contribution in [0.2, 0.25) is 10.0 Å². The maximum absolute atomic E-state index is 6.13. The van der Waals surface area contributed by atoms with Gasteiger partial charge in [0.15, 0.2) is 0 Å². The predicted molar refractivity (Wildman–Crippen MR) is 73.8 cm³/mol. The number of rotatable bonds is 5. The summed E-state index contributed by atoms with van der Waals surface area (Å²) in [5, 5.41) is 1.51. The summed E-state index contributed by atoms with van der Waals surface area (Å²) in [6.45, 7) is 4.41. The summed E-state index contributed by atoms with van der Waals surface area (Å²) >= 11 is 18.1. The van der Waals surface area contributed by atoms with Crippen molar-refractivity contribution in [2.24, 2.45) is 11.8 Å². The molecule has 1 atom stereocenters. The van der Waals surface area contributed by atoms with E-state index in [9.17, 15) is 0 Å². The molecular formula is C13H17Cl3. The van der Waals surface area contributed by atoms with E-state index in [2.05, 4.69) is 13.8 Å². The van der Waals surface area contributed by atoms with Crippen LogP contribution in [-0.2, 0) is 6.42 Å². The molecule has 0 fully saturated rings. The first kappa shape index (κ1) is 14.2. The Kier molecular flexibility index (Phi) is 5.96. The van der Waals surface area contributed by atoms with Crippen LogP contribution in [0.1, 0.15) is 25.8 Å². The van der Waals surface area contributed by atoms with E-state index in [1.807, 2.05) is 18.2 Å². The van der Waals surface area contributed by atoms with Crippen LogP contribution in [0.15, 0.2) is 18.2 Å². The van der Waals surface area contributed by atoms with E-state index < -0.39 is 0 Å². The van der Waals surface area contributed by atoms with Crippen molar-refractivity contribution in [3.63, 3.8) is 0 Å². The normalized spacial score (nSPS) is 13.1. The lowest BCUT2D eigenvalue weighted by molar-refractivity contribution is 0.441. The lowest BCUT2D eigenvalue weighted by Gasteiger charge is -2.17. The van der Waals surface area contributed by atoms with Gasteiger partial charge in [-0.15, -0.1) is 11.6 Å². The topological polar surface area (TPSA) is 0 Å². The molecule has 0 nitrogen and oxygen atoms in total. The maximum atomic E-state index is 6.13. The highest BCUT2D eigenvalue weighted by Crippen LogP contribution is 2.26. The van der Waals surface area contributed by atoms with E-state index in [4.69, 9.17) is 34.8 Å². The van der Waals surface area contributed by atoms with Crippen LogP contribution < -0.4 is 0 Å². The molecule has 0 aromatic heterocycles. The third-order valence-electron chi connectivity index (χ3n) is 2.54. The largest absolute Gasteiger partial charge is 0.126 e. The van der Waals surface area contributed by atoms with Gasteiger partial charge in [-0.25, -0.2) is 0 Å². The SMILES string of the molecule is CC(C)CC(CCl)Cc1cc(Cl)ccc1Cl. The Bertz CT molecular complexity index is 334. The summed E-state index contributed by atoms with van der Waals surface area (Å²) in [4.78, 5) is 0. The highest BCUT2D eigenvalue weighted by molar-refractivity contribution is 6.33. The van der Waals surface area contributed by atoms with E-state index >= 15 is 0 Å². The monoisotopic (exact) mass is 278 g/mol. The smallest absolute Gasteiger partial charge is 0.0439 e. The lowest BCUT2D eigenvalue weighted by Crippen LogP contribution is -2.10. The molecule has 0 aliphatic heterocycles. The summed E-state index contributed by atoms with van der Waals surface area (Å²) in [5.74, 6) is 1.79. The summed E-state index contributed by atoms with van der Waals surface area (Å²) in [5.41, 5.74) is 1.10. The van der Waals surface area contributed by atoms with Gasteiger partial charge in [0.05, 0.1) is 0 Å². The summed E-state index contributed by atoms with van der Waals surface area (Å²) < 4.78 is 0. The summed E-state index contributed by atoms with van der Waals surface area (Å²) in [6.07, 6.45) is 2.02. The Hall–Kier alpha value is 0.0900. The number of alkyl halides is 1. The van der Waals surface area contributed by atoms with Gasteiger partial charge < -0.3 is 0 Å². The molecule has 0 saturated heterocycles. The standard InChI is InChI=1S/C13H17Cl3/c1-9(2)5-10(8-14)6-11-7-12(15)3-4-13(11)16/h3-4,7,9-10H,5-6,8H2,1-2H3. The van der Waals surface area contributed by atoms with Crippen molar-refractivity contribution < 1.29 is 0 Å². The van der Waals surface area contributed by atoms with Gasteiger partial charge in [0.25, 0.3) is 0 Å². The van der Waals surface area contributed by atoms with Gasteiger partial charge in [0.1, 0.15) is 0 Å². The first-order valence-electron chi connectivity index (χ1n) is 5.52. The molecule has 1 unspecified atom stereocenters. The van der Waals surface area contributed by atoms with Gasteiger partial charge in [-0.3, -0.25) is 0 Å². The minimum atomic E-state index is 0.470. The Morgan fingerprint density at radius 1 is 1.19 bits per heavy atom. The van der Waals surface area contributed by atoms with E-state index in [1.165, 1.54) is 0 Å². The molecule has 1 rings (SSSR count). The Morgan fingerprint density at radius 2 is 1.88 bits per heavy atom. The van der Waals surface area contributed by atoms with Crippen molar-refractivity contribution in [2.75, 3.05) is 5.88 Å². The third kappa shape index (κ3) is 4.53. The van der Waals surface area contributed by atoms with Crippen LogP contribution in [0, 0.1) is 11.8 Å². The van der Waals surface area contributed by atoms with Crippen molar-refractivity contribution in [3.05, 3.63) is 33.8 Å². The Balaban J connectivity index is 2.73. The quantitative estimate of drug-likeness (QED) is 0.630. The zero-order valence-electron chi connectivity index (χ0n) is 9.64. The predicted octanol–water partition coefficient (Wildman–Crippen LogP) is 5.44. The zero-order valence-corrected chi connectivity index (χ0v) is 11.9. The second-order valence-corrected chi connectivity index (χ2v) is 5.74. The second kappa shape index (κ2) is 6.74. The van der Waals surface area contributed by atoms with E-state index in [0.29, 0.717) is 17.7 Å². The average Bonchev–Trinajstić information content (AvgIpc) is 2.21. The third-order valence-corrected chi connectivity index (χ3v) is 3.58. The van der Waals surface area contributed by atoms with E-state index in [0.717, 1.165) is 28.5 Å². The van der Waals surface area contributed by atoms with Gasteiger partial charge in [0, 0.05) is 15.9 Å². The maximum Gasteiger partial charge on any atom is 0.0439 e. The minimum Gasteiger partial charge on any atom is -0.126 e. The molecule has 1 aromatic rings. The minimum absolute atomic E-state index is 0.470. The Labute approximate surface area is 113 Å². The molecule has 0 heterocycles. The number of hydrogen-bond acceptors (Lipinski definition) is 0. The molecule has 0 saturated carbocycles. The van der Waals surface area contributed by atoms with Crippen molar-refractivity contribution in [1.29, 1.82) is 0 Å². The first-order chi connectivity index (χ1) is 7.52. The first-order valence-corrected chi connectivity index (χ1v) is 6.81. The molecule has 0 bridgehead atoms. The van der Waals surface area contributed by atoms with Crippen LogP contribution in [0.3, 0.4) is 0 Å². The molecule has 0 N–H and O–H groups in total. The second-order valence-electron chi connectivity index (χ2n) is 4.59. The van der Waals surface area contributed by atoms with Crippen LogP contribution in [0.4, 0.5) is 0 Å². The van der Waals surface area contributed by atoms with E-state index in [1.54, 1.807) is 0 Å². The summed E-state index contributed by atoms with van der Waals surface area (Å²) in [6, 6.07) is 5.59. The number of halogens is 3. The van der Waals surface area contributed by atoms with Gasteiger partial charge in [-0.05, 0) is 48.4 Å². The van der Waals surface area contributed by atoms with Crippen LogP contribution in [-0.4, -0.2) is 5.88 Å². The van der Waals surface area contributed by atoms with Gasteiger partial charge in [-0.1, -0.05) is 37.0 Å². The molecule has 0 aliphatic carbocycles.